The number of aromatic nitrogens is 1. The van der Waals surface area contributed by atoms with Gasteiger partial charge in [0, 0.05) is 23.9 Å². The number of aryl methyl sites for hydroxylation is 1. The molecule has 0 bridgehead atoms. The van der Waals surface area contributed by atoms with E-state index in [2.05, 4.69) is 10.3 Å². The first kappa shape index (κ1) is 15.5. The average Bonchev–Trinajstić information content (AvgIpc) is 2.30. The SMILES string of the molecule is Cc1cnc(CNCCCC(C)O)c(C)c1[N+](=O)[O-]. The van der Waals surface area contributed by atoms with Crippen molar-refractivity contribution in [2.45, 2.75) is 46.3 Å². The van der Waals surface area contributed by atoms with E-state index in [1.165, 1.54) is 6.20 Å². The second kappa shape index (κ2) is 7.16. The van der Waals surface area contributed by atoms with Crippen molar-refractivity contribution in [3.05, 3.63) is 33.1 Å². The van der Waals surface area contributed by atoms with Crippen molar-refractivity contribution in [2.24, 2.45) is 0 Å². The van der Waals surface area contributed by atoms with Crippen molar-refractivity contribution < 1.29 is 10.0 Å². The monoisotopic (exact) mass is 267 g/mol. The predicted molar refractivity (Wildman–Crippen MR) is 73.0 cm³/mol. The number of aliphatic hydroxyl groups excluding tert-OH is 1. The van der Waals surface area contributed by atoms with Gasteiger partial charge in [-0.1, -0.05) is 0 Å². The molecule has 1 aromatic heterocycles. The van der Waals surface area contributed by atoms with Crippen LogP contribution in [0.15, 0.2) is 6.20 Å². The smallest absolute Gasteiger partial charge is 0.278 e. The summed E-state index contributed by atoms with van der Waals surface area (Å²) in [7, 11) is 0. The first-order chi connectivity index (χ1) is 8.93. The Morgan fingerprint density at radius 3 is 2.79 bits per heavy atom. The number of hydrogen-bond donors (Lipinski definition) is 2. The average molecular weight is 267 g/mol. The van der Waals surface area contributed by atoms with Crippen molar-refractivity contribution in [1.29, 1.82) is 0 Å². The van der Waals surface area contributed by atoms with Crippen LogP contribution in [0.1, 0.15) is 36.6 Å². The summed E-state index contributed by atoms with van der Waals surface area (Å²) < 4.78 is 0. The molecule has 0 saturated carbocycles. The van der Waals surface area contributed by atoms with E-state index in [9.17, 15) is 10.1 Å². The van der Waals surface area contributed by atoms with Gasteiger partial charge in [-0.25, -0.2) is 0 Å². The predicted octanol–water partition coefficient (Wildman–Crippen LogP) is 1.86. The Labute approximate surface area is 113 Å². The zero-order valence-electron chi connectivity index (χ0n) is 11.6. The third-order valence-electron chi connectivity index (χ3n) is 3.03. The van der Waals surface area contributed by atoms with Gasteiger partial charge in [-0.2, -0.15) is 0 Å². The molecular formula is C13H21N3O3. The van der Waals surface area contributed by atoms with Crippen molar-refractivity contribution >= 4 is 5.69 Å². The third kappa shape index (κ3) is 4.57. The summed E-state index contributed by atoms with van der Waals surface area (Å²) in [5, 5.41) is 23.3. The lowest BCUT2D eigenvalue weighted by atomic mass is 10.1. The fraction of sp³-hybridized carbons (Fsp3) is 0.615. The summed E-state index contributed by atoms with van der Waals surface area (Å²) in [4.78, 5) is 14.9. The fourth-order valence-electron chi connectivity index (χ4n) is 1.95. The normalized spacial score (nSPS) is 12.4. The summed E-state index contributed by atoms with van der Waals surface area (Å²) in [6, 6.07) is 0. The molecule has 1 rings (SSSR count). The number of nitro groups is 1. The van der Waals surface area contributed by atoms with Crippen LogP contribution in [0.5, 0.6) is 0 Å². The van der Waals surface area contributed by atoms with Crippen LogP contribution >= 0.6 is 0 Å². The van der Waals surface area contributed by atoms with E-state index in [0.29, 0.717) is 23.4 Å². The Kier molecular flexibility index (Phi) is 5.85. The van der Waals surface area contributed by atoms with Gasteiger partial charge in [-0.05, 0) is 40.2 Å². The molecule has 0 aliphatic carbocycles. The van der Waals surface area contributed by atoms with Gasteiger partial charge < -0.3 is 10.4 Å². The molecule has 0 aromatic carbocycles. The quantitative estimate of drug-likeness (QED) is 0.447. The molecule has 1 unspecified atom stereocenters. The van der Waals surface area contributed by atoms with Crippen LogP contribution in [0.2, 0.25) is 0 Å². The topological polar surface area (TPSA) is 88.3 Å². The van der Waals surface area contributed by atoms with Gasteiger partial charge in [-0.15, -0.1) is 0 Å². The molecule has 0 aliphatic heterocycles. The molecule has 1 atom stereocenters. The number of nitrogens with zero attached hydrogens (tertiary/aromatic N) is 2. The molecular weight excluding hydrogens is 246 g/mol. The highest BCUT2D eigenvalue weighted by Gasteiger charge is 2.18. The largest absolute Gasteiger partial charge is 0.393 e. The van der Waals surface area contributed by atoms with Crippen molar-refractivity contribution in [3.8, 4) is 0 Å². The highest BCUT2D eigenvalue weighted by molar-refractivity contribution is 5.47. The van der Waals surface area contributed by atoms with Crippen LogP contribution in [0.3, 0.4) is 0 Å². The van der Waals surface area contributed by atoms with Crippen molar-refractivity contribution in [1.82, 2.24) is 10.3 Å². The number of hydrogen-bond acceptors (Lipinski definition) is 5. The molecule has 0 amide bonds. The number of aliphatic hydroxyl groups is 1. The fourth-order valence-corrected chi connectivity index (χ4v) is 1.95. The van der Waals surface area contributed by atoms with E-state index >= 15 is 0 Å². The molecule has 0 saturated heterocycles. The maximum absolute atomic E-state index is 11.0. The van der Waals surface area contributed by atoms with E-state index in [0.717, 1.165) is 19.4 Å². The van der Waals surface area contributed by atoms with E-state index in [1.54, 1.807) is 20.8 Å². The molecule has 1 heterocycles. The van der Waals surface area contributed by atoms with E-state index < -0.39 is 0 Å². The first-order valence-electron chi connectivity index (χ1n) is 6.41. The number of pyridine rings is 1. The molecule has 0 fully saturated rings. The van der Waals surface area contributed by atoms with Crippen molar-refractivity contribution in [3.63, 3.8) is 0 Å². The highest BCUT2D eigenvalue weighted by atomic mass is 16.6. The van der Waals surface area contributed by atoms with E-state index in [-0.39, 0.29) is 16.7 Å². The minimum atomic E-state index is -0.358. The Bertz CT molecular complexity index is 447. The van der Waals surface area contributed by atoms with Crippen LogP contribution in [0, 0.1) is 24.0 Å². The molecule has 1 aromatic rings. The van der Waals surface area contributed by atoms with Gasteiger partial charge in [0.25, 0.3) is 5.69 Å². The summed E-state index contributed by atoms with van der Waals surface area (Å²) in [6.07, 6.45) is 2.86. The maximum atomic E-state index is 11.0. The standard InChI is InChI=1S/C13H21N3O3/c1-9-7-15-12(11(3)13(9)16(18)19)8-14-6-4-5-10(2)17/h7,10,14,17H,4-6,8H2,1-3H3. The summed E-state index contributed by atoms with van der Waals surface area (Å²) in [6.45, 7) is 6.44. The van der Waals surface area contributed by atoms with Crippen LogP contribution in [-0.4, -0.2) is 27.7 Å². The molecule has 0 radical (unpaired) electrons. The number of rotatable bonds is 7. The van der Waals surface area contributed by atoms with Crippen LogP contribution in [0.25, 0.3) is 0 Å². The molecule has 0 aliphatic rings. The van der Waals surface area contributed by atoms with Gasteiger partial charge in [0.05, 0.1) is 16.7 Å². The summed E-state index contributed by atoms with van der Waals surface area (Å²) >= 11 is 0. The zero-order valence-corrected chi connectivity index (χ0v) is 11.6. The maximum Gasteiger partial charge on any atom is 0.278 e. The second-order valence-corrected chi connectivity index (χ2v) is 4.79. The summed E-state index contributed by atoms with van der Waals surface area (Å²) in [5.74, 6) is 0. The number of nitrogens with one attached hydrogen (secondary N) is 1. The van der Waals surface area contributed by atoms with Gasteiger partial charge in [0.15, 0.2) is 0 Å². The van der Waals surface area contributed by atoms with E-state index in [1.807, 2.05) is 0 Å². The molecule has 19 heavy (non-hydrogen) atoms. The minimum Gasteiger partial charge on any atom is -0.393 e. The van der Waals surface area contributed by atoms with Gasteiger partial charge >= 0.3 is 0 Å². The second-order valence-electron chi connectivity index (χ2n) is 4.79. The van der Waals surface area contributed by atoms with Gasteiger partial charge in [0.1, 0.15) is 0 Å². The first-order valence-corrected chi connectivity index (χ1v) is 6.41. The Morgan fingerprint density at radius 2 is 2.21 bits per heavy atom. The lowest BCUT2D eigenvalue weighted by molar-refractivity contribution is -0.386. The van der Waals surface area contributed by atoms with Gasteiger partial charge in [0.2, 0.25) is 0 Å². The molecule has 6 heteroatoms. The molecule has 6 nitrogen and oxygen atoms in total. The Morgan fingerprint density at radius 1 is 1.53 bits per heavy atom. The highest BCUT2D eigenvalue weighted by Crippen LogP contribution is 2.23. The van der Waals surface area contributed by atoms with Crippen LogP contribution in [0.4, 0.5) is 5.69 Å². The van der Waals surface area contributed by atoms with Crippen molar-refractivity contribution in [2.75, 3.05) is 6.54 Å². The summed E-state index contributed by atoms with van der Waals surface area (Å²) in [5.41, 5.74) is 2.05. The Hall–Kier alpha value is -1.53. The van der Waals surface area contributed by atoms with E-state index in [4.69, 9.17) is 5.11 Å². The third-order valence-corrected chi connectivity index (χ3v) is 3.03. The molecule has 2 N–H and O–H groups in total. The minimum absolute atomic E-state index is 0.149. The lowest BCUT2D eigenvalue weighted by Crippen LogP contribution is -2.18. The molecule has 106 valence electrons. The Balaban J connectivity index is 2.60. The van der Waals surface area contributed by atoms with Gasteiger partial charge in [-0.3, -0.25) is 15.1 Å². The zero-order chi connectivity index (χ0) is 14.4. The lowest BCUT2D eigenvalue weighted by Gasteiger charge is -2.09. The molecule has 0 spiro atoms. The van der Waals surface area contributed by atoms with Crippen LogP contribution < -0.4 is 5.32 Å². The van der Waals surface area contributed by atoms with Crippen LogP contribution in [-0.2, 0) is 6.54 Å².